The number of allylic oxidation sites excluding steroid dienone is 3. The van der Waals surface area contributed by atoms with Crippen LogP contribution in [-0.2, 0) is 9.53 Å². The number of carbonyl (C=O) groups is 1. The van der Waals surface area contributed by atoms with Gasteiger partial charge < -0.3 is 4.74 Å². The van der Waals surface area contributed by atoms with Crippen molar-refractivity contribution >= 4 is 5.97 Å². The Kier molecular flexibility index (Phi) is 12.3. The topological polar surface area (TPSA) is 26.3 Å². The van der Waals surface area contributed by atoms with Crippen LogP contribution in [0.1, 0.15) is 164 Å². The van der Waals surface area contributed by atoms with Crippen LogP contribution in [0, 0.1) is 52.3 Å². The lowest BCUT2D eigenvalue weighted by atomic mass is 9.47. The van der Waals surface area contributed by atoms with Gasteiger partial charge in [0, 0.05) is 12.8 Å². The van der Waals surface area contributed by atoms with Crippen molar-refractivity contribution in [2.45, 2.75) is 170 Å². The van der Waals surface area contributed by atoms with Crippen LogP contribution in [0.4, 0.5) is 0 Å². The molecule has 42 heavy (non-hydrogen) atoms. The van der Waals surface area contributed by atoms with Crippen molar-refractivity contribution in [2.75, 3.05) is 0 Å². The smallest absolute Gasteiger partial charge is 0.306 e. The van der Waals surface area contributed by atoms with Crippen molar-refractivity contribution in [1.29, 1.82) is 0 Å². The van der Waals surface area contributed by atoms with Gasteiger partial charge in [-0.1, -0.05) is 124 Å². The molecule has 240 valence electrons. The fourth-order valence-electron chi connectivity index (χ4n) is 10.2. The Balaban J connectivity index is 1.26. The molecule has 0 aliphatic heterocycles. The van der Waals surface area contributed by atoms with E-state index in [2.05, 4.69) is 66.7 Å². The summed E-state index contributed by atoms with van der Waals surface area (Å²) in [5.41, 5.74) is 2.45. The van der Waals surface area contributed by atoms with Gasteiger partial charge in [-0.2, -0.15) is 0 Å². The fourth-order valence-corrected chi connectivity index (χ4v) is 10.2. The number of rotatable bonds is 15. The predicted octanol–water partition coefficient (Wildman–Crippen LogP) is 11.9. The van der Waals surface area contributed by atoms with E-state index < -0.39 is 0 Å². The quantitative estimate of drug-likeness (QED) is 0.109. The average molecular weight is 581 g/mol. The summed E-state index contributed by atoms with van der Waals surface area (Å²) in [6, 6.07) is 0. The van der Waals surface area contributed by atoms with Crippen LogP contribution in [0.15, 0.2) is 23.8 Å². The monoisotopic (exact) mass is 581 g/mol. The average Bonchev–Trinajstić information content (AvgIpc) is 3.32. The number of fused-ring (bicyclic) bond motifs is 5. The van der Waals surface area contributed by atoms with E-state index in [4.69, 9.17) is 4.74 Å². The third-order valence-electron chi connectivity index (χ3n) is 13.3. The van der Waals surface area contributed by atoms with E-state index in [9.17, 15) is 4.79 Å². The Morgan fingerprint density at radius 1 is 0.881 bits per heavy atom. The number of unbranched alkanes of at least 4 members (excludes halogenated alkanes) is 8. The van der Waals surface area contributed by atoms with Crippen molar-refractivity contribution in [3.63, 3.8) is 0 Å². The summed E-state index contributed by atoms with van der Waals surface area (Å²) in [5, 5.41) is 0. The van der Waals surface area contributed by atoms with Crippen molar-refractivity contribution in [1.82, 2.24) is 0 Å². The molecule has 0 bridgehead atoms. The Morgan fingerprint density at radius 3 is 2.26 bits per heavy atom. The number of hydrogen-bond acceptors (Lipinski definition) is 2. The summed E-state index contributed by atoms with van der Waals surface area (Å²) >= 11 is 0. The summed E-state index contributed by atoms with van der Waals surface area (Å²) in [5.74, 6) is 5.50. The van der Waals surface area contributed by atoms with E-state index in [1.165, 1.54) is 89.9 Å². The van der Waals surface area contributed by atoms with Crippen molar-refractivity contribution in [2.24, 2.45) is 52.3 Å². The molecule has 0 aromatic heterocycles. The lowest BCUT2D eigenvalue weighted by Crippen LogP contribution is -2.51. The van der Waals surface area contributed by atoms with Crippen LogP contribution in [0.3, 0.4) is 0 Å². The lowest BCUT2D eigenvalue weighted by Gasteiger charge is -2.58. The Bertz CT molecular complexity index is 915. The molecule has 0 spiro atoms. The molecule has 0 radical (unpaired) electrons. The molecular formula is C40H68O2. The third-order valence-corrected chi connectivity index (χ3v) is 13.3. The number of esters is 1. The fraction of sp³-hybridized carbons (Fsp3) is 0.875. The Hall–Kier alpha value is -1.05. The van der Waals surface area contributed by atoms with Gasteiger partial charge in [0.1, 0.15) is 6.10 Å². The highest BCUT2D eigenvalue weighted by molar-refractivity contribution is 5.69. The second kappa shape index (κ2) is 15.3. The standard InChI is InChI=1S/C40H68O2/c1-8-9-10-11-12-13-14-15-16-17-38(41)42-33-24-26-39(6)32(28-33)20-21-34-36-23-22-35(40(36,7)27-25-37(34)39)31(5)19-18-30(4)29(2)3/h18-20,29-31,33-37H,8-17,21-28H2,1-7H3/b19-18+/t30-,31+,33-,34-,35+,36-,37-,39-,40+/m0/s1. The van der Waals surface area contributed by atoms with Gasteiger partial charge in [0.05, 0.1) is 0 Å². The summed E-state index contributed by atoms with van der Waals surface area (Å²) in [7, 11) is 0. The van der Waals surface area contributed by atoms with Gasteiger partial charge in [-0.15, -0.1) is 0 Å². The molecule has 0 heterocycles. The molecule has 3 saturated carbocycles. The minimum absolute atomic E-state index is 0.0530. The first-order valence-electron chi connectivity index (χ1n) is 18.7. The van der Waals surface area contributed by atoms with E-state index in [1.807, 2.05) is 0 Å². The van der Waals surface area contributed by atoms with Crippen LogP contribution in [-0.4, -0.2) is 12.1 Å². The highest BCUT2D eigenvalue weighted by atomic mass is 16.5. The van der Waals surface area contributed by atoms with Crippen molar-refractivity contribution in [3.05, 3.63) is 23.8 Å². The van der Waals surface area contributed by atoms with Crippen LogP contribution >= 0.6 is 0 Å². The number of hydrogen-bond donors (Lipinski definition) is 0. The largest absolute Gasteiger partial charge is 0.462 e. The Labute approximate surface area is 261 Å². The minimum atomic E-state index is 0.0530. The molecule has 0 unspecified atom stereocenters. The number of ether oxygens (including phenoxy) is 1. The second-order valence-corrected chi connectivity index (χ2v) is 16.3. The number of carbonyl (C=O) groups excluding carboxylic acids is 1. The molecule has 0 saturated heterocycles. The Morgan fingerprint density at radius 2 is 1.57 bits per heavy atom. The van der Waals surface area contributed by atoms with E-state index in [-0.39, 0.29) is 12.1 Å². The molecule has 4 aliphatic carbocycles. The molecule has 0 amide bonds. The van der Waals surface area contributed by atoms with Crippen molar-refractivity contribution in [3.8, 4) is 0 Å². The molecule has 0 aromatic rings. The first-order valence-corrected chi connectivity index (χ1v) is 18.7. The van der Waals surface area contributed by atoms with Gasteiger partial charge in [-0.05, 0) is 104 Å². The SMILES string of the molecule is CCCCCCCCCCCC(=O)O[C@H]1CC[C@@]2(C)C(=CC[C@H]3[C@@H]4CC[C@H]([C@H](C)/C=C/[C@H](C)C(C)C)[C@@]4(C)CC[C@@H]32)C1. The molecule has 4 aliphatic rings. The van der Waals surface area contributed by atoms with Gasteiger partial charge in [0.2, 0.25) is 0 Å². The molecular weight excluding hydrogens is 512 g/mol. The van der Waals surface area contributed by atoms with Crippen LogP contribution < -0.4 is 0 Å². The van der Waals surface area contributed by atoms with Gasteiger partial charge in [0.25, 0.3) is 0 Å². The molecule has 2 heteroatoms. The zero-order chi connectivity index (χ0) is 30.3. The van der Waals surface area contributed by atoms with E-state index >= 15 is 0 Å². The molecule has 0 aromatic carbocycles. The van der Waals surface area contributed by atoms with Crippen LogP contribution in [0.5, 0.6) is 0 Å². The van der Waals surface area contributed by atoms with Crippen LogP contribution in [0.25, 0.3) is 0 Å². The van der Waals surface area contributed by atoms with Crippen molar-refractivity contribution < 1.29 is 9.53 Å². The molecule has 0 N–H and O–H groups in total. The second-order valence-electron chi connectivity index (χ2n) is 16.3. The zero-order valence-electron chi connectivity index (χ0n) is 28.9. The minimum Gasteiger partial charge on any atom is -0.462 e. The first-order chi connectivity index (χ1) is 20.1. The normalized spacial score (nSPS) is 35.8. The summed E-state index contributed by atoms with van der Waals surface area (Å²) < 4.78 is 6.09. The maximum atomic E-state index is 12.7. The van der Waals surface area contributed by atoms with E-state index in [0.717, 1.165) is 48.9 Å². The molecule has 2 nitrogen and oxygen atoms in total. The van der Waals surface area contributed by atoms with E-state index in [1.54, 1.807) is 5.57 Å². The zero-order valence-corrected chi connectivity index (χ0v) is 28.9. The summed E-state index contributed by atoms with van der Waals surface area (Å²) in [6.45, 7) is 17.1. The van der Waals surface area contributed by atoms with Gasteiger partial charge >= 0.3 is 5.97 Å². The maximum Gasteiger partial charge on any atom is 0.306 e. The molecule has 9 atom stereocenters. The highest BCUT2D eigenvalue weighted by Crippen LogP contribution is 2.67. The maximum absolute atomic E-state index is 12.7. The summed E-state index contributed by atoms with van der Waals surface area (Å²) in [4.78, 5) is 12.7. The van der Waals surface area contributed by atoms with E-state index in [0.29, 0.717) is 29.1 Å². The van der Waals surface area contributed by atoms with Gasteiger partial charge in [-0.3, -0.25) is 4.79 Å². The van der Waals surface area contributed by atoms with Gasteiger partial charge in [-0.25, -0.2) is 0 Å². The third kappa shape index (κ3) is 7.77. The first kappa shape index (κ1) is 33.8. The highest BCUT2D eigenvalue weighted by Gasteiger charge is 2.59. The molecule has 3 fully saturated rings. The van der Waals surface area contributed by atoms with Gasteiger partial charge in [0.15, 0.2) is 0 Å². The molecule has 4 rings (SSSR count). The predicted molar refractivity (Wildman–Crippen MR) is 179 cm³/mol. The summed E-state index contributed by atoms with van der Waals surface area (Å²) in [6.07, 6.45) is 30.2. The lowest BCUT2D eigenvalue weighted by molar-refractivity contribution is -0.151. The van der Waals surface area contributed by atoms with Crippen LogP contribution in [0.2, 0.25) is 0 Å².